The molecule has 1 aromatic carbocycles. The molecule has 0 amide bonds. The van der Waals surface area contributed by atoms with Gasteiger partial charge in [0.05, 0.1) is 19.3 Å². The summed E-state index contributed by atoms with van der Waals surface area (Å²) >= 11 is 11.9. The van der Waals surface area contributed by atoms with Gasteiger partial charge in [0.1, 0.15) is 0 Å². The van der Waals surface area contributed by atoms with Crippen LogP contribution in [0.1, 0.15) is 11.6 Å². The molecule has 1 aromatic rings. The minimum atomic E-state index is 0.188. The van der Waals surface area contributed by atoms with E-state index in [1.54, 1.807) is 6.07 Å². The Morgan fingerprint density at radius 3 is 2.86 bits per heavy atom. The largest absolute Gasteiger partial charge is 0.378 e. The first-order chi connectivity index (χ1) is 6.77. The predicted octanol–water partition coefficient (Wildman–Crippen LogP) is 2.65. The molecule has 0 bridgehead atoms. The molecule has 1 saturated heterocycles. The monoisotopic (exact) mass is 231 g/mol. The normalized spacial score (nSPS) is 22.3. The highest BCUT2D eigenvalue weighted by atomic mass is 35.5. The lowest BCUT2D eigenvalue weighted by Crippen LogP contribution is -2.34. The van der Waals surface area contributed by atoms with Crippen LogP contribution in [0.5, 0.6) is 0 Å². The lowest BCUT2D eigenvalue weighted by Gasteiger charge is -2.24. The van der Waals surface area contributed by atoms with Crippen LogP contribution < -0.4 is 5.32 Å². The van der Waals surface area contributed by atoms with Crippen LogP contribution in [0.25, 0.3) is 0 Å². The van der Waals surface area contributed by atoms with E-state index < -0.39 is 0 Å². The first-order valence-electron chi connectivity index (χ1n) is 4.53. The Morgan fingerprint density at radius 1 is 1.36 bits per heavy atom. The molecule has 0 aliphatic carbocycles. The fourth-order valence-electron chi connectivity index (χ4n) is 1.55. The van der Waals surface area contributed by atoms with Gasteiger partial charge >= 0.3 is 0 Å². The summed E-state index contributed by atoms with van der Waals surface area (Å²) in [5.41, 5.74) is 1.05. The Bertz CT molecular complexity index is 324. The van der Waals surface area contributed by atoms with E-state index in [4.69, 9.17) is 27.9 Å². The third-order valence-electron chi connectivity index (χ3n) is 2.26. The maximum atomic E-state index is 6.08. The van der Waals surface area contributed by atoms with Crippen LogP contribution in [0.15, 0.2) is 18.2 Å². The summed E-state index contributed by atoms with van der Waals surface area (Å²) in [7, 11) is 0. The van der Waals surface area contributed by atoms with Crippen molar-refractivity contribution < 1.29 is 4.74 Å². The van der Waals surface area contributed by atoms with Crippen LogP contribution in [-0.2, 0) is 4.74 Å². The lowest BCUT2D eigenvalue weighted by molar-refractivity contribution is 0.0769. The molecule has 1 unspecified atom stereocenters. The van der Waals surface area contributed by atoms with E-state index in [2.05, 4.69) is 5.32 Å². The Hall–Kier alpha value is -0.280. The van der Waals surface area contributed by atoms with E-state index in [0.29, 0.717) is 16.7 Å². The molecule has 2 rings (SSSR count). The van der Waals surface area contributed by atoms with Crippen molar-refractivity contribution in [1.82, 2.24) is 5.32 Å². The van der Waals surface area contributed by atoms with Gasteiger partial charge in [-0.3, -0.25) is 0 Å². The van der Waals surface area contributed by atoms with Gasteiger partial charge in [0.15, 0.2) is 0 Å². The average molecular weight is 232 g/mol. The van der Waals surface area contributed by atoms with E-state index in [0.717, 1.165) is 18.7 Å². The molecule has 0 saturated carbocycles. The molecule has 0 aromatic heterocycles. The Morgan fingerprint density at radius 2 is 2.21 bits per heavy atom. The summed E-state index contributed by atoms with van der Waals surface area (Å²) in [6.45, 7) is 2.30. The van der Waals surface area contributed by atoms with Gasteiger partial charge in [-0.15, -0.1) is 0 Å². The third-order valence-corrected chi connectivity index (χ3v) is 2.82. The average Bonchev–Trinajstić information content (AvgIpc) is 2.19. The zero-order valence-corrected chi connectivity index (χ0v) is 9.11. The Kier molecular flexibility index (Phi) is 3.29. The van der Waals surface area contributed by atoms with E-state index in [-0.39, 0.29) is 6.04 Å². The Labute approximate surface area is 93.2 Å². The number of ether oxygens (including phenoxy) is 1. The van der Waals surface area contributed by atoms with E-state index in [1.807, 2.05) is 12.1 Å². The van der Waals surface area contributed by atoms with Gasteiger partial charge in [0, 0.05) is 16.6 Å². The van der Waals surface area contributed by atoms with Crippen molar-refractivity contribution in [3.05, 3.63) is 33.8 Å². The molecule has 1 atom stereocenters. The number of benzene rings is 1. The van der Waals surface area contributed by atoms with Crippen molar-refractivity contribution in [2.75, 3.05) is 19.8 Å². The SMILES string of the molecule is Clc1ccc(C2COCCN2)c(Cl)c1. The van der Waals surface area contributed by atoms with Crippen molar-refractivity contribution in [3.63, 3.8) is 0 Å². The minimum Gasteiger partial charge on any atom is -0.378 e. The maximum absolute atomic E-state index is 6.08. The van der Waals surface area contributed by atoms with Crippen LogP contribution in [0.3, 0.4) is 0 Å². The van der Waals surface area contributed by atoms with Crippen LogP contribution in [0, 0.1) is 0 Å². The summed E-state index contributed by atoms with van der Waals surface area (Å²) in [4.78, 5) is 0. The fourth-order valence-corrected chi connectivity index (χ4v) is 2.09. The first-order valence-corrected chi connectivity index (χ1v) is 5.29. The van der Waals surface area contributed by atoms with Crippen molar-refractivity contribution >= 4 is 23.2 Å². The highest BCUT2D eigenvalue weighted by molar-refractivity contribution is 6.35. The topological polar surface area (TPSA) is 21.3 Å². The van der Waals surface area contributed by atoms with Gasteiger partial charge in [-0.25, -0.2) is 0 Å². The van der Waals surface area contributed by atoms with Crippen molar-refractivity contribution in [2.45, 2.75) is 6.04 Å². The summed E-state index contributed by atoms with van der Waals surface area (Å²) in [5.74, 6) is 0. The van der Waals surface area contributed by atoms with Crippen LogP contribution in [0.4, 0.5) is 0 Å². The molecular formula is C10H11Cl2NO. The van der Waals surface area contributed by atoms with E-state index >= 15 is 0 Å². The third kappa shape index (κ3) is 2.20. The summed E-state index contributed by atoms with van der Waals surface area (Å²) < 4.78 is 5.37. The number of nitrogens with one attached hydrogen (secondary N) is 1. The molecule has 1 aliphatic rings. The number of hydrogen-bond acceptors (Lipinski definition) is 2. The van der Waals surface area contributed by atoms with Crippen LogP contribution in [-0.4, -0.2) is 19.8 Å². The zero-order valence-electron chi connectivity index (χ0n) is 7.59. The van der Waals surface area contributed by atoms with E-state index in [1.165, 1.54) is 0 Å². The number of morpholine rings is 1. The second-order valence-electron chi connectivity index (χ2n) is 3.25. The second-order valence-corrected chi connectivity index (χ2v) is 4.09. The van der Waals surface area contributed by atoms with Crippen molar-refractivity contribution in [2.24, 2.45) is 0 Å². The van der Waals surface area contributed by atoms with Crippen molar-refractivity contribution in [1.29, 1.82) is 0 Å². The smallest absolute Gasteiger partial charge is 0.0662 e. The quantitative estimate of drug-likeness (QED) is 0.803. The van der Waals surface area contributed by atoms with Gasteiger partial charge in [0.2, 0.25) is 0 Å². The maximum Gasteiger partial charge on any atom is 0.0662 e. The van der Waals surface area contributed by atoms with Gasteiger partial charge in [-0.2, -0.15) is 0 Å². The number of hydrogen-bond donors (Lipinski definition) is 1. The molecule has 2 nitrogen and oxygen atoms in total. The number of rotatable bonds is 1. The van der Waals surface area contributed by atoms with Gasteiger partial charge in [-0.1, -0.05) is 29.3 Å². The molecule has 1 fully saturated rings. The van der Waals surface area contributed by atoms with Crippen LogP contribution in [0.2, 0.25) is 10.0 Å². The summed E-state index contributed by atoms with van der Waals surface area (Å²) in [6.07, 6.45) is 0. The number of halogens is 2. The summed E-state index contributed by atoms with van der Waals surface area (Å²) in [6, 6.07) is 5.73. The van der Waals surface area contributed by atoms with Crippen LogP contribution >= 0.6 is 23.2 Å². The molecule has 4 heteroatoms. The van der Waals surface area contributed by atoms with Crippen molar-refractivity contribution in [3.8, 4) is 0 Å². The molecule has 1 aliphatic heterocycles. The standard InChI is InChI=1S/C10H11Cl2NO/c11-7-1-2-8(9(12)5-7)10-6-14-4-3-13-10/h1-2,5,10,13H,3-4,6H2. The molecule has 76 valence electrons. The highest BCUT2D eigenvalue weighted by Crippen LogP contribution is 2.27. The predicted molar refractivity (Wildman–Crippen MR) is 58.0 cm³/mol. The first kappa shape index (κ1) is 10.2. The molecule has 0 radical (unpaired) electrons. The minimum absolute atomic E-state index is 0.188. The molecule has 14 heavy (non-hydrogen) atoms. The second kappa shape index (κ2) is 4.49. The molecule has 1 N–H and O–H groups in total. The summed E-state index contributed by atoms with van der Waals surface area (Å²) in [5, 5.41) is 4.70. The van der Waals surface area contributed by atoms with Gasteiger partial charge in [-0.05, 0) is 17.7 Å². The molecule has 1 heterocycles. The zero-order chi connectivity index (χ0) is 9.97. The molecule has 0 spiro atoms. The lowest BCUT2D eigenvalue weighted by atomic mass is 10.1. The van der Waals surface area contributed by atoms with Gasteiger partial charge < -0.3 is 10.1 Å². The Balaban J connectivity index is 2.22. The molecular weight excluding hydrogens is 221 g/mol. The van der Waals surface area contributed by atoms with Gasteiger partial charge in [0.25, 0.3) is 0 Å². The van der Waals surface area contributed by atoms with E-state index in [9.17, 15) is 0 Å². The highest BCUT2D eigenvalue weighted by Gasteiger charge is 2.17. The fraction of sp³-hybridized carbons (Fsp3) is 0.400.